The van der Waals surface area contributed by atoms with Crippen LogP contribution in [0.3, 0.4) is 0 Å². The summed E-state index contributed by atoms with van der Waals surface area (Å²) in [6.45, 7) is 18.1. The van der Waals surface area contributed by atoms with E-state index < -0.39 is 5.97 Å². The summed E-state index contributed by atoms with van der Waals surface area (Å²) in [6, 6.07) is 9.69. The number of carbonyl (C=O) groups excluding carboxylic acids is 2. The van der Waals surface area contributed by atoms with Crippen LogP contribution in [0, 0.1) is 38.4 Å². The summed E-state index contributed by atoms with van der Waals surface area (Å²) in [5.74, 6) is -0.528. The maximum atomic E-state index is 14.4. The van der Waals surface area contributed by atoms with E-state index in [0.717, 1.165) is 60.1 Å². The van der Waals surface area contributed by atoms with Crippen molar-refractivity contribution in [1.29, 1.82) is 0 Å². The second-order valence-electron chi connectivity index (χ2n) is 13.2. The molecule has 0 aliphatic heterocycles. The number of aryl methyl sites for hydroxylation is 3. The number of hydrogen-bond donors (Lipinski definition) is 1. The van der Waals surface area contributed by atoms with E-state index in [1.54, 1.807) is 39.8 Å². The Kier molecular flexibility index (Phi) is 16.9. The van der Waals surface area contributed by atoms with E-state index >= 15 is 0 Å². The molecule has 248 valence electrons. The zero-order valence-corrected chi connectivity index (χ0v) is 29.5. The lowest BCUT2D eigenvalue weighted by Crippen LogP contribution is -2.15. The minimum absolute atomic E-state index is 0.0705. The molecular weight excluding hydrogens is 565 g/mol. The molecule has 2 aromatic rings. The third-order valence-corrected chi connectivity index (χ3v) is 8.13. The number of carboxylic acid groups (broad SMARTS) is 1. The smallest absolute Gasteiger partial charge is 0.303 e. The highest BCUT2D eigenvalue weighted by Crippen LogP contribution is 2.33. The molecule has 0 saturated carbocycles. The summed E-state index contributed by atoms with van der Waals surface area (Å²) < 4.78 is 14.4. The monoisotopic (exact) mass is 621 g/mol. The topological polar surface area (TPSA) is 74.7 Å². The lowest BCUT2D eigenvalue weighted by atomic mass is 9.89. The zero-order valence-electron chi connectivity index (χ0n) is 29.5. The number of Topliss-reactive ketones (excluding diaryl/α,β-unsaturated/α-hetero) is 1. The van der Waals surface area contributed by atoms with Crippen molar-refractivity contribution in [2.24, 2.45) is 11.8 Å². The predicted molar refractivity (Wildman–Crippen MR) is 185 cm³/mol. The lowest BCUT2D eigenvalue weighted by molar-refractivity contribution is -0.137. The molecule has 0 spiro atoms. The van der Waals surface area contributed by atoms with Crippen LogP contribution in [0.5, 0.6) is 0 Å². The number of benzene rings is 2. The van der Waals surface area contributed by atoms with Crippen molar-refractivity contribution in [3.63, 3.8) is 0 Å². The molecule has 1 unspecified atom stereocenters. The average molecular weight is 622 g/mol. The summed E-state index contributed by atoms with van der Waals surface area (Å²) in [7, 11) is 4.09. The van der Waals surface area contributed by atoms with Crippen LogP contribution in [-0.4, -0.2) is 48.2 Å². The SMILES string of the molecule is CC(=O)/C=C(C)\C(=C/CC(CCC(C)C)C(C)=O)CCN(C)C.Cc1cc(-c2c(C)cccc2C)cc([C@@H](C)CC(=O)O)c1F. The van der Waals surface area contributed by atoms with Crippen LogP contribution in [0.1, 0.15) is 102 Å². The van der Waals surface area contributed by atoms with E-state index in [1.807, 2.05) is 59.1 Å². The highest BCUT2D eigenvalue weighted by molar-refractivity contribution is 5.88. The van der Waals surface area contributed by atoms with Gasteiger partial charge in [-0.05, 0) is 149 Å². The largest absolute Gasteiger partial charge is 0.481 e. The minimum Gasteiger partial charge on any atom is -0.481 e. The zero-order chi connectivity index (χ0) is 34.4. The van der Waals surface area contributed by atoms with Crippen molar-refractivity contribution in [3.05, 3.63) is 81.7 Å². The standard InChI is InChI=1S/C20H35NO2.C19H21FO2/c1-15(2)8-9-20(18(5)23)11-10-19(12-13-21(6)7)16(3)14-17(4)22;1-11-6-5-7-12(2)18(11)15-8-14(4)19(20)16(10-15)13(3)9-17(21)22/h10,14-15,20H,8-9,11-13H2,1-7H3;5-8,10,13H,9H2,1-4H3,(H,21,22)/b16-14-,19-10-;/t;13-/m.0/s1. The van der Waals surface area contributed by atoms with E-state index in [4.69, 9.17) is 5.11 Å². The third-order valence-electron chi connectivity index (χ3n) is 8.13. The molecule has 1 N–H and O–H groups in total. The Morgan fingerprint density at radius 3 is 2.02 bits per heavy atom. The number of hydrogen-bond acceptors (Lipinski definition) is 4. The Bertz CT molecular complexity index is 1350. The summed E-state index contributed by atoms with van der Waals surface area (Å²) in [5.41, 5.74) is 7.52. The van der Waals surface area contributed by atoms with Crippen LogP contribution < -0.4 is 0 Å². The van der Waals surface area contributed by atoms with Crippen molar-refractivity contribution >= 4 is 17.5 Å². The van der Waals surface area contributed by atoms with Crippen LogP contribution in [-0.2, 0) is 14.4 Å². The van der Waals surface area contributed by atoms with Crippen LogP contribution >= 0.6 is 0 Å². The van der Waals surface area contributed by atoms with Gasteiger partial charge >= 0.3 is 5.97 Å². The fourth-order valence-electron chi connectivity index (χ4n) is 5.45. The molecule has 45 heavy (non-hydrogen) atoms. The van der Waals surface area contributed by atoms with Gasteiger partial charge in [0, 0.05) is 12.5 Å². The molecule has 0 aromatic heterocycles. The fraction of sp³-hybridized carbons (Fsp3) is 0.513. The van der Waals surface area contributed by atoms with Crippen LogP contribution in [0.4, 0.5) is 4.39 Å². The van der Waals surface area contributed by atoms with Gasteiger partial charge in [-0.3, -0.25) is 14.4 Å². The van der Waals surface area contributed by atoms with Crippen LogP contribution in [0.25, 0.3) is 11.1 Å². The van der Waals surface area contributed by atoms with Gasteiger partial charge in [0.1, 0.15) is 11.6 Å². The Labute approximate surface area is 271 Å². The molecule has 2 atom stereocenters. The molecular formula is C39H56FNO4. The van der Waals surface area contributed by atoms with E-state index in [-0.39, 0.29) is 35.6 Å². The van der Waals surface area contributed by atoms with Gasteiger partial charge in [-0.2, -0.15) is 0 Å². The molecule has 0 bridgehead atoms. The minimum atomic E-state index is -0.915. The summed E-state index contributed by atoms with van der Waals surface area (Å²) in [4.78, 5) is 36.3. The quantitative estimate of drug-likeness (QED) is 0.158. The third kappa shape index (κ3) is 14.1. The number of halogens is 1. The van der Waals surface area contributed by atoms with E-state index in [2.05, 4.69) is 24.8 Å². The highest BCUT2D eigenvalue weighted by atomic mass is 19.1. The summed E-state index contributed by atoms with van der Waals surface area (Å²) in [6.07, 6.45) is 7.48. The first-order valence-corrected chi connectivity index (χ1v) is 16.1. The van der Waals surface area contributed by atoms with Crippen LogP contribution in [0.2, 0.25) is 0 Å². The van der Waals surface area contributed by atoms with Crippen molar-refractivity contribution in [2.75, 3.05) is 20.6 Å². The number of carboxylic acids is 1. The van der Waals surface area contributed by atoms with Gasteiger partial charge in [0.25, 0.3) is 0 Å². The number of carbonyl (C=O) groups is 3. The Morgan fingerprint density at radius 2 is 1.53 bits per heavy atom. The number of aliphatic carboxylic acids is 1. The molecule has 0 radical (unpaired) electrons. The normalized spacial score (nSPS) is 13.4. The Balaban J connectivity index is 0.000000450. The molecule has 2 rings (SSSR count). The molecule has 2 aromatic carbocycles. The second-order valence-corrected chi connectivity index (χ2v) is 13.2. The predicted octanol–water partition coefficient (Wildman–Crippen LogP) is 9.43. The highest BCUT2D eigenvalue weighted by Gasteiger charge is 2.19. The van der Waals surface area contributed by atoms with Crippen molar-refractivity contribution in [3.8, 4) is 11.1 Å². The first-order valence-electron chi connectivity index (χ1n) is 16.1. The molecule has 6 heteroatoms. The number of ketones is 2. The molecule has 5 nitrogen and oxygen atoms in total. The van der Waals surface area contributed by atoms with Crippen molar-refractivity contribution in [1.82, 2.24) is 4.90 Å². The Morgan fingerprint density at radius 1 is 0.933 bits per heavy atom. The molecule has 0 heterocycles. The van der Waals surface area contributed by atoms with Gasteiger partial charge in [0.2, 0.25) is 0 Å². The van der Waals surface area contributed by atoms with Gasteiger partial charge in [-0.1, -0.05) is 51.5 Å². The average Bonchev–Trinajstić information content (AvgIpc) is 2.90. The van der Waals surface area contributed by atoms with Crippen LogP contribution in [0.15, 0.2) is 53.6 Å². The van der Waals surface area contributed by atoms with Gasteiger partial charge in [-0.15, -0.1) is 0 Å². The molecule has 0 aliphatic rings. The van der Waals surface area contributed by atoms with E-state index in [0.29, 0.717) is 17.0 Å². The van der Waals surface area contributed by atoms with Gasteiger partial charge in [0.05, 0.1) is 6.42 Å². The maximum Gasteiger partial charge on any atom is 0.303 e. The number of rotatable bonds is 15. The van der Waals surface area contributed by atoms with E-state index in [1.165, 1.54) is 5.57 Å². The molecule has 0 aliphatic carbocycles. The fourth-order valence-corrected chi connectivity index (χ4v) is 5.45. The summed E-state index contributed by atoms with van der Waals surface area (Å²) >= 11 is 0. The number of allylic oxidation sites excluding steroid dienone is 3. The Hall–Kier alpha value is -3.38. The van der Waals surface area contributed by atoms with Gasteiger partial charge in [0.15, 0.2) is 5.78 Å². The lowest BCUT2D eigenvalue weighted by Gasteiger charge is -2.17. The second kappa shape index (κ2) is 19.2. The first kappa shape index (κ1) is 39.6. The first-order chi connectivity index (χ1) is 20.9. The summed E-state index contributed by atoms with van der Waals surface area (Å²) in [5, 5.41) is 8.96. The molecule has 0 saturated heterocycles. The molecule has 0 fully saturated rings. The molecule has 0 amide bonds. The van der Waals surface area contributed by atoms with Gasteiger partial charge in [-0.25, -0.2) is 4.39 Å². The van der Waals surface area contributed by atoms with Crippen molar-refractivity contribution in [2.45, 2.75) is 100 Å². The maximum absolute atomic E-state index is 14.4. The van der Waals surface area contributed by atoms with Gasteiger partial charge < -0.3 is 10.0 Å². The number of nitrogens with zero attached hydrogens (tertiary/aromatic N) is 1. The van der Waals surface area contributed by atoms with E-state index in [9.17, 15) is 18.8 Å². The van der Waals surface area contributed by atoms with Crippen molar-refractivity contribution < 1.29 is 23.9 Å².